The Morgan fingerprint density at radius 2 is 1.94 bits per heavy atom. The van der Waals surface area contributed by atoms with E-state index in [0.717, 1.165) is 12.1 Å². The number of aliphatic carboxylic acids is 1. The molecular formula is C10H10FNO4. The lowest BCUT2D eigenvalue weighted by Gasteiger charge is -2.17. The SMILES string of the molecule is CN(CC(=O)O)c1cc(F)cc(C(=O)O)c1. The van der Waals surface area contributed by atoms with Crippen molar-refractivity contribution in [1.82, 2.24) is 0 Å². The highest BCUT2D eigenvalue weighted by molar-refractivity contribution is 5.89. The van der Waals surface area contributed by atoms with Crippen LogP contribution >= 0.6 is 0 Å². The molecule has 0 aromatic heterocycles. The molecule has 0 radical (unpaired) electrons. The van der Waals surface area contributed by atoms with E-state index in [0.29, 0.717) is 0 Å². The first kappa shape index (κ1) is 12.0. The molecule has 6 heteroatoms. The number of rotatable bonds is 4. The van der Waals surface area contributed by atoms with E-state index in [1.165, 1.54) is 18.0 Å². The van der Waals surface area contributed by atoms with Crippen LogP contribution < -0.4 is 4.90 Å². The third-order valence-electron chi connectivity index (χ3n) is 1.94. The van der Waals surface area contributed by atoms with Gasteiger partial charge in [-0.1, -0.05) is 0 Å². The Balaban J connectivity index is 3.04. The minimum Gasteiger partial charge on any atom is -0.480 e. The molecule has 0 aliphatic heterocycles. The average Bonchev–Trinajstić information content (AvgIpc) is 2.15. The van der Waals surface area contributed by atoms with Crippen LogP contribution in [0.3, 0.4) is 0 Å². The van der Waals surface area contributed by atoms with Crippen molar-refractivity contribution in [1.29, 1.82) is 0 Å². The molecule has 0 aliphatic carbocycles. The van der Waals surface area contributed by atoms with Crippen LogP contribution in [0.4, 0.5) is 10.1 Å². The zero-order valence-electron chi connectivity index (χ0n) is 8.48. The van der Waals surface area contributed by atoms with Crippen LogP contribution in [0.25, 0.3) is 0 Å². The highest BCUT2D eigenvalue weighted by atomic mass is 19.1. The van der Waals surface area contributed by atoms with Gasteiger partial charge in [0.1, 0.15) is 12.4 Å². The fourth-order valence-electron chi connectivity index (χ4n) is 1.21. The second kappa shape index (κ2) is 4.61. The lowest BCUT2D eigenvalue weighted by atomic mass is 10.2. The summed E-state index contributed by atoms with van der Waals surface area (Å²) in [5.74, 6) is -3.06. The molecule has 0 atom stereocenters. The van der Waals surface area contributed by atoms with E-state index in [9.17, 15) is 14.0 Å². The molecule has 0 spiro atoms. The van der Waals surface area contributed by atoms with Gasteiger partial charge in [0.15, 0.2) is 0 Å². The lowest BCUT2D eigenvalue weighted by Crippen LogP contribution is -2.25. The van der Waals surface area contributed by atoms with Crippen molar-refractivity contribution in [3.05, 3.63) is 29.6 Å². The van der Waals surface area contributed by atoms with Crippen LogP contribution in [0, 0.1) is 5.82 Å². The van der Waals surface area contributed by atoms with Crippen LogP contribution in [0.5, 0.6) is 0 Å². The third kappa shape index (κ3) is 2.94. The Labute approximate surface area is 90.7 Å². The van der Waals surface area contributed by atoms with E-state index in [2.05, 4.69) is 0 Å². The van der Waals surface area contributed by atoms with Crippen LogP contribution in [0.1, 0.15) is 10.4 Å². The van der Waals surface area contributed by atoms with Gasteiger partial charge in [-0.15, -0.1) is 0 Å². The van der Waals surface area contributed by atoms with E-state index in [4.69, 9.17) is 10.2 Å². The van der Waals surface area contributed by atoms with Gasteiger partial charge < -0.3 is 15.1 Å². The summed E-state index contributed by atoms with van der Waals surface area (Å²) >= 11 is 0. The maximum Gasteiger partial charge on any atom is 0.335 e. The highest BCUT2D eigenvalue weighted by Gasteiger charge is 2.11. The minimum absolute atomic E-state index is 0.208. The second-order valence-corrected chi connectivity index (χ2v) is 3.25. The van der Waals surface area contributed by atoms with Gasteiger partial charge in [0, 0.05) is 12.7 Å². The maximum absolute atomic E-state index is 13.0. The zero-order chi connectivity index (χ0) is 12.3. The summed E-state index contributed by atoms with van der Waals surface area (Å²) < 4.78 is 13.0. The fraction of sp³-hybridized carbons (Fsp3) is 0.200. The van der Waals surface area contributed by atoms with E-state index < -0.39 is 17.8 Å². The van der Waals surface area contributed by atoms with Gasteiger partial charge in [-0.2, -0.15) is 0 Å². The monoisotopic (exact) mass is 227 g/mol. The molecule has 0 heterocycles. The van der Waals surface area contributed by atoms with Gasteiger partial charge in [-0.25, -0.2) is 9.18 Å². The van der Waals surface area contributed by atoms with E-state index in [1.54, 1.807) is 0 Å². The second-order valence-electron chi connectivity index (χ2n) is 3.25. The molecule has 1 aromatic carbocycles. The zero-order valence-corrected chi connectivity index (χ0v) is 8.48. The number of carboxylic acids is 2. The predicted molar refractivity (Wildman–Crippen MR) is 54.3 cm³/mol. The number of nitrogens with zero attached hydrogens (tertiary/aromatic N) is 1. The van der Waals surface area contributed by atoms with Gasteiger partial charge in [0.05, 0.1) is 5.56 Å². The number of benzene rings is 1. The molecular weight excluding hydrogens is 217 g/mol. The number of hydrogen-bond acceptors (Lipinski definition) is 3. The molecule has 5 nitrogen and oxygen atoms in total. The lowest BCUT2D eigenvalue weighted by molar-refractivity contribution is -0.135. The summed E-state index contributed by atoms with van der Waals surface area (Å²) in [4.78, 5) is 22.3. The normalized spacial score (nSPS) is 9.88. The van der Waals surface area contributed by atoms with Gasteiger partial charge >= 0.3 is 11.9 Å². The minimum atomic E-state index is -1.26. The Bertz CT molecular complexity index is 433. The Morgan fingerprint density at radius 1 is 1.31 bits per heavy atom. The van der Waals surface area contributed by atoms with Crippen molar-refractivity contribution in [3.63, 3.8) is 0 Å². The third-order valence-corrected chi connectivity index (χ3v) is 1.94. The van der Waals surface area contributed by atoms with Crippen molar-refractivity contribution in [3.8, 4) is 0 Å². The Kier molecular flexibility index (Phi) is 3.44. The Hall–Kier alpha value is -2.11. The first-order valence-corrected chi connectivity index (χ1v) is 4.37. The van der Waals surface area contributed by atoms with Crippen molar-refractivity contribution < 1.29 is 24.2 Å². The van der Waals surface area contributed by atoms with Gasteiger partial charge in [-0.3, -0.25) is 4.79 Å². The molecule has 0 fully saturated rings. The molecule has 1 aromatic rings. The number of likely N-dealkylation sites (N-methyl/N-ethyl adjacent to an activating group) is 1. The summed E-state index contributed by atoms with van der Waals surface area (Å²) in [5, 5.41) is 17.2. The predicted octanol–water partition coefficient (Wildman–Crippen LogP) is 1.04. The van der Waals surface area contributed by atoms with E-state index >= 15 is 0 Å². The fourth-order valence-corrected chi connectivity index (χ4v) is 1.21. The molecule has 86 valence electrons. The number of aromatic carboxylic acids is 1. The molecule has 0 saturated carbocycles. The van der Waals surface area contributed by atoms with E-state index in [-0.39, 0.29) is 17.8 Å². The van der Waals surface area contributed by atoms with Crippen molar-refractivity contribution in [2.75, 3.05) is 18.5 Å². The van der Waals surface area contributed by atoms with Crippen molar-refractivity contribution in [2.24, 2.45) is 0 Å². The summed E-state index contributed by atoms with van der Waals surface area (Å²) in [6.07, 6.45) is 0. The average molecular weight is 227 g/mol. The number of carbonyl (C=O) groups is 2. The highest BCUT2D eigenvalue weighted by Crippen LogP contribution is 2.17. The van der Waals surface area contributed by atoms with Crippen molar-refractivity contribution in [2.45, 2.75) is 0 Å². The topological polar surface area (TPSA) is 77.8 Å². The van der Waals surface area contributed by atoms with Crippen LogP contribution in [0.2, 0.25) is 0 Å². The van der Waals surface area contributed by atoms with E-state index in [1.807, 2.05) is 0 Å². The van der Waals surface area contributed by atoms with Gasteiger partial charge in [0.25, 0.3) is 0 Å². The largest absolute Gasteiger partial charge is 0.480 e. The van der Waals surface area contributed by atoms with Crippen molar-refractivity contribution >= 4 is 17.6 Å². The maximum atomic E-state index is 13.0. The molecule has 0 saturated heterocycles. The molecule has 1 rings (SSSR count). The van der Waals surface area contributed by atoms with Crippen LogP contribution in [-0.2, 0) is 4.79 Å². The molecule has 0 aliphatic rings. The molecule has 0 bridgehead atoms. The first-order valence-electron chi connectivity index (χ1n) is 4.37. The van der Waals surface area contributed by atoms with Crippen LogP contribution in [0.15, 0.2) is 18.2 Å². The number of anilines is 1. The smallest absolute Gasteiger partial charge is 0.335 e. The Morgan fingerprint density at radius 3 is 2.44 bits per heavy atom. The molecule has 2 N–H and O–H groups in total. The molecule has 0 unspecified atom stereocenters. The number of carboxylic acid groups (broad SMARTS) is 2. The summed E-state index contributed by atoms with van der Waals surface area (Å²) in [5.41, 5.74) is -0.00737. The summed E-state index contributed by atoms with van der Waals surface area (Å²) in [6.45, 7) is -0.331. The standard InChI is InChI=1S/C10H10FNO4/c1-12(5-9(13)14)8-3-6(10(15)16)2-7(11)4-8/h2-4H,5H2,1H3,(H,13,14)(H,15,16). The summed E-state index contributed by atoms with van der Waals surface area (Å²) in [6, 6.07) is 3.17. The van der Waals surface area contributed by atoms with Gasteiger partial charge in [-0.05, 0) is 18.2 Å². The number of hydrogen-bond donors (Lipinski definition) is 2. The van der Waals surface area contributed by atoms with Crippen LogP contribution in [-0.4, -0.2) is 35.7 Å². The van der Waals surface area contributed by atoms with Gasteiger partial charge in [0.2, 0.25) is 0 Å². The molecule has 0 amide bonds. The summed E-state index contributed by atoms with van der Waals surface area (Å²) in [7, 11) is 1.44. The first-order chi connectivity index (χ1) is 7.40. The quantitative estimate of drug-likeness (QED) is 0.803. The molecule has 16 heavy (non-hydrogen) atoms. The number of halogens is 1.